The molecule has 0 atom stereocenters. The van der Waals surface area contributed by atoms with E-state index in [9.17, 15) is 10.1 Å². The number of furan rings is 1. The highest BCUT2D eigenvalue weighted by Gasteiger charge is 2.22. The first-order chi connectivity index (χ1) is 19.6. The molecular weight excluding hydrogens is 510 g/mol. The summed E-state index contributed by atoms with van der Waals surface area (Å²) in [5.41, 5.74) is 6.80. The van der Waals surface area contributed by atoms with E-state index in [2.05, 4.69) is 21.5 Å². The van der Waals surface area contributed by atoms with Gasteiger partial charge >= 0.3 is 0 Å². The van der Waals surface area contributed by atoms with Crippen LogP contribution in [0.4, 0.5) is 0 Å². The predicted molar refractivity (Wildman–Crippen MR) is 146 cm³/mol. The SMILES string of the molecule is COc1cc(C(=O)N2C=CC=CN2)cnc1-c1cc2nccc(-c3ccc(OC4CCOCC4)c(C#N)c3)c2o1. The molecule has 1 N–H and O–H groups in total. The fourth-order valence-corrected chi connectivity index (χ4v) is 4.67. The summed E-state index contributed by atoms with van der Waals surface area (Å²) in [5, 5.41) is 11.2. The third kappa shape index (κ3) is 4.86. The lowest BCUT2D eigenvalue weighted by molar-refractivity contribution is 0.0254. The molecule has 0 spiro atoms. The predicted octanol–water partition coefficient (Wildman–Crippen LogP) is 4.98. The highest BCUT2D eigenvalue weighted by Crippen LogP contribution is 2.37. The molecule has 10 nitrogen and oxygen atoms in total. The Morgan fingerprint density at radius 3 is 2.77 bits per heavy atom. The molecule has 200 valence electrons. The van der Waals surface area contributed by atoms with Crippen LogP contribution in [0.25, 0.3) is 33.7 Å². The second-order valence-electron chi connectivity index (χ2n) is 9.22. The number of ether oxygens (including phenoxy) is 3. The molecule has 0 bridgehead atoms. The molecule has 1 aromatic carbocycles. The van der Waals surface area contributed by atoms with Crippen molar-refractivity contribution in [1.82, 2.24) is 20.4 Å². The summed E-state index contributed by atoms with van der Waals surface area (Å²) in [6, 6.07) is 13.0. The number of carbonyl (C=O) groups excluding carboxylic acids is 1. The van der Waals surface area contributed by atoms with Crippen molar-refractivity contribution in [2.45, 2.75) is 18.9 Å². The maximum Gasteiger partial charge on any atom is 0.278 e. The first-order valence-corrected chi connectivity index (χ1v) is 12.8. The van der Waals surface area contributed by atoms with Gasteiger partial charge in [-0.25, -0.2) is 9.99 Å². The molecule has 10 heteroatoms. The van der Waals surface area contributed by atoms with E-state index in [-0.39, 0.29) is 12.0 Å². The minimum absolute atomic E-state index is 0.0283. The number of nitriles is 1. The number of benzene rings is 1. The minimum Gasteiger partial charge on any atom is -0.494 e. The van der Waals surface area contributed by atoms with Gasteiger partial charge in [0.25, 0.3) is 5.91 Å². The third-order valence-electron chi connectivity index (χ3n) is 6.71. The zero-order valence-corrected chi connectivity index (χ0v) is 21.7. The second-order valence-corrected chi connectivity index (χ2v) is 9.22. The number of methoxy groups -OCH3 is 1. The number of rotatable bonds is 6. The summed E-state index contributed by atoms with van der Waals surface area (Å²) in [6.07, 6.45) is 11.6. The van der Waals surface area contributed by atoms with Crippen LogP contribution in [0.15, 0.2) is 77.8 Å². The molecule has 0 aliphatic carbocycles. The van der Waals surface area contributed by atoms with E-state index in [1.165, 1.54) is 18.3 Å². The Balaban J connectivity index is 1.32. The standard InChI is InChI=1S/C30H25N5O5/c1-37-26-15-21(30(36)35-11-3-2-9-34-35)18-33-28(26)27-16-24-29(40-27)23(6-10-32-24)19-4-5-25(20(14-19)17-31)39-22-7-12-38-13-8-22/h2-6,9-11,14-16,18,22,34H,7-8,12-13H2,1H3. The summed E-state index contributed by atoms with van der Waals surface area (Å²) in [6.45, 7) is 1.31. The van der Waals surface area contributed by atoms with Crippen LogP contribution in [0, 0.1) is 11.3 Å². The van der Waals surface area contributed by atoms with Crippen LogP contribution in [0.3, 0.4) is 0 Å². The topological polar surface area (TPSA) is 123 Å². The number of nitrogens with zero attached hydrogens (tertiary/aromatic N) is 4. The number of amides is 1. The van der Waals surface area contributed by atoms with Crippen LogP contribution in [-0.2, 0) is 4.74 Å². The molecule has 4 aromatic rings. The molecule has 2 aliphatic rings. The van der Waals surface area contributed by atoms with Crippen LogP contribution in [0.1, 0.15) is 28.8 Å². The number of fused-ring (bicyclic) bond motifs is 1. The van der Waals surface area contributed by atoms with Crippen molar-refractivity contribution >= 4 is 17.0 Å². The lowest BCUT2D eigenvalue weighted by Crippen LogP contribution is -2.36. The molecular formula is C30H25N5O5. The maximum atomic E-state index is 12.9. The molecule has 0 unspecified atom stereocenters. The number of nitrogens with one attached hydrogen (secondary N) is 1. The zero-order valence-electron chi connectivity index (χ0n) is 21.7. The Morgan fingerprint density at radius 1 is 1.12 bits per heavy atom. The van der Waals surface area contributed by atoms with E-state index in [1.54, 1.807) is 48.9 Å². The molecule has 1 saturated heterocycles. The lowest BCUT2D eigenvalue weighted by Gasteiger charge is -2.23. The maximum absolute atomic E-state index is 12.9. The van der Waals surface area contributed by atoms with Crippen LogP contribution >= 0.6 is 0 Å². The van der Waals surface area contributed by atoms with Gasteiger partial charge in [-0.3, -0.25) is 15.2 Å². The minimum atomic E-state index is -0.288. The summed E-state index contributed by atoms with van der Waals surface area (Å²) in [7, 11) is 1.51. The number of allylic oxidation sites excluding steroid dienone is 2. The van der Waals surface area contributed by atoms with Gasteiger partial charge in [-0.05, 0) is 42.0 Å². The highest BCUT2D eigenvalue weighted by atomic mass is 16.5. The summed E-state index contributed by atoms with van der Waals surface area (Å²) >= 11 is 0. The fraction of sp³-hybridized carbons (Fsp3) is 0.200. The van der Waals surface area contributed by atoms with E-state index in [0.29, 0.717) is 58.4 Å². The van der Waals surface area contributed by atoms with Gasteiger partial charge in [0.15, 0.2) is 11.3 Å². The summed E-state index contributed by atoms with van der Waals surface area (Å²) < 4.78 is 23.3. The number of aromatic nitrogens is 2. The molecule has 1 amide bonds. The van der Waals surface area contributed by atoms with Crippen molar-refractivity contribution in [2.24, 2.45) is 0 Å². The molecule has 0 radical (unpaired) electrons. The van der Waals surface area contributed by atoms with Gasteiger partial charge in [0, 0.05) is 49.3 Å². The van der Waals surface area contributed by atoms with Gasteiger partial charge in [0.2, 0.25) is 0 Å². The molecule has 2 aliphatic heterocycles. The van der Waals surface area contributed by atoms with E-state index < -0.39 is 0 Å². The smallest absolute Gasteiger partial charge is 0.278 e. The molecule has 5 heterocycles. The zero-order chi connectivity index (χ0) is 27.5. The van der Waals surface area contributed by atoms with Crippen molar-refractivity contribution < 1.29 is 23.4 Å². The van der Waals surface area contributed by atoms with E-state index in [0.717, 1.165) is 24.0 Å². The number of hydrazine groups is 1. The van der Waals surface area contributed by atoms with Crippen molar-refractivity contribution in [3.05, 3.63) is 84.5 Å². The van der Waals surface area contributed by atoms with Crippen molar-refractivity contribution in [3.8, 4) is 40.1 Å². The number of pyridine rings is 2. The largest absolute Gasteiger partial charge is 0.494 e. The van der Waals surface area contributed by atoms with E-state index in [4.69, 9.17) is 18.6 Å². The fourth-order valence-electron chi connectivity index (χ4n) is 4.67. The molecule has 6 rings (SSSR count). The Morgan fingerprint density at radius 2 is 2.00 bits per heavy atom. The number of hydrogen-bond acceptors (Lipinski definition) is 9. The van der Waals surface area contributed by atoms with Crippen molar-refractivity contribution in [1.29, 1.82) is 5.26 Å². The Bertz CT molecular complexity index is 1680. The molecule has 40 heavy (non-hydrogen) atoms. The van der Waals surface area contributed by atoms with Crippen LogP contribution in [-0.4, -0.2) is 47.3 Å². The monoisotopic (exact) mass is 535 g/mol. The quantitative estimate of drug-likeness (QED) is 0.364. The van der Waals surface area contributed by atoms with Gasteiger partial charge in [-0.2, -0.15) is 5.26 Å². The van der Waals surface area contributed by atoms with Crippen LogP contribution in [0.2, 0.25) is 0 Å². The van der Waals surface area contributed by atoms with Crippen LogP contribution < -0.4 is 14.9 Å². The number of hydrogen-bond donors (Lipinski definition) is 1. The van der Waals surface area contributed by atoms with Crippen molar-refractivity contribution in [3.63, 3.8) is 0 Å². The average molecular weight is 536 g/mol. The van der Waals surface area contributed by atoms with Gasteiger partial charge in [-0.15, -0.1) is 0 Å². The third-order valence-corrected chi connectivity index (χ3v) is 6.71. The average Bonchev–Trinajstić information content (AvgIpc) is 3.46. The van der Waals surface area contributed by atoms with Gasteiger partial charge in [0.1, 0.15) is 34.9 Å². The van der Waals surface area contributed by atoms with E-state index in [1.807, 2.05) is 18.2 Å². The first kappa shape index (κ1) is 25.2. The highest BCUT2D eigenvalue weighted by molar-refractivity contribution is 5.96. The molecule has 3 aromatic heterocycles. The van der Waals surface area contributed by atoms with E-state index >= 15 is 0 Å². The summed E-state index contributed by atoms with van der Waals surface area (Å²) in [5.74, 6) is 1.08. The summed E-state index contributed by atoms with van der Waals surface area (Å²) in [4.78, 5) is 21.8. The molecule has 1 fully saturated rings. The van der Waals surface area contributed by atoms with Gasteiger partial charge in [0.05, 0.1) is 31.5 Å². The Kier molecular flexibility index (Phi) is 6.87. The Labute approximate surface area is 230 Å². The number of carbonyl (C=O) groups is 1. The molecule has 0 saturated carbocycles. The normalized spacial score (nSPS) is 15.1. The lowest BCUT2D eigenvalue weighted by atomic mass is 10.0. The van der Waals surface area contributed by atoms with Gasteiger partial charge < -0.3 is 18.6 Å². The second kappa shape index (κ2) is 10.9. The Hall–Kier alpha value is -5.14. The van der Waals surface area contributed by atoms with Crippen molar-refractivity contribution in [2.75, 3.05) is 20.3 Å². The first-order valence-electron chi connectivity index (χ1n) is 12.8. The van der Waals surface area contributed by atoms with Crippen LogP contribution in [0.5, 0.6) is 11.5 Å². The van der Waals surface area contributed by atoms with Gasteiger partial charge in [-0.1, -0.05) is 6.07 Å².